The van der Waals surface area contributed by atoms with Gasteiger partial charge in [0.1, 0.15) is 6.04 Å². The minimum atomic E-state index is -5.15. The second kappa shape index (κ2) is 5.33. The summed E-state index contributed by atoms with van der Waals surface area (Å²) in [6, 6.07) is -1.74. The summed E-state index contributed by atoms with van der Waals surface area (Å²) in [4.78, 5) is 31.8. The Morgan fingerprint density at radius 2 is 1.88 bits per heavy atom. The normalized spacial score (nSPS) is 12.8. The van der Waals surface area contributed by atoms with E-state index < -0.39 is 36.4 Å². The summed E-state index contributed by atoms with van der Waals surface area (Å²) < 4.78 is 39.6. The van der Waals surface area contributed by atoms with Crippen molar-refractivity contribution in [3.8, 4) is 0 Å². The number of nitrogens with one attached hydrogen (secondary N) is 1. The lowest BCUT2D eigenvalue weighted by Crippen LogP contribution is -2.48. The molecule has 0 saturated carbocycles. The Labute approximate surface area is 87.9 Å². The molecule has 6 nitrogen and oxygen atoms in total. The van der Waals surface area contributed by atoms with Crippen molar-refractivity contribution in [2.45, 2.75) is 18.6 Å². The maximum atomic E-state index is 11.8. The number of hydrogen-bond donors (Lipinski definition) is 2. The van der Waals surface area contributed by atoms with Gasteiger partial charge < -0.3 is 15.8 Å². The number of rotatable bonds is 4. The molecule has 0 radical (unpaired) electrons. The molecule has 0 unspecified atom stereocenters. The fraction of sp³-hybridized carbons (Fsp3) is 0.571. The summed E-state index contributed by atoms with van der Waals surface area (Å²) >= 11 is 0. The molecule has 2 amide bonds. The number of carbonyl (C=O) groups excluding carboxylic acids is 3. The molecule has 0 aromatic heterocycles. The van der Waals surface area contributed by atoms with Crippen LogP contribution in [0, 0.1) is 0 Å². The van der Waals surface area contributed by atoms with Crippen molar-refractivity contribution in [3.63, 3.8) is 0 Å². The number of alkyl halides is 3. The smallest absolute Gasteiger partial charge is 0.467 e. The van der Waals surface area contributed by atoms with Gasteiger partial charge in [0.2, 0.25) is 5.91 Å². The molecule has 0 rings (SSSR count). The lowest BCUT2D eigenvalue weighted by molar-refractivity contribution is -0.175. The molecule has 0 aromatic rings. The van der Waals surface area contributed by atoms with Crippen LogP contribution in [0.3, 0.4) is 0 Å². The van der Waals surface area contributed by atoms with E-state index >= 15 is 0 Å². The number of amides is 2. The summed E-state index contributed by atoms with van der Waals surface area (Å²) in [6.45, 7) is 0. The van der Waals surface area contributed by atoms with Crippen LogP contribution in [0.1, 0.15) is 6.42 Å². The topological polar surface area (TPSA) is 98.5 Å². The quantitative estimate of drug-likeness (QED) is 0.623. The van der Waals surface area contributed by atoms with E-state index in [-0.39, 0.29) is 0 Å². The van der Waals surface area contributed by atoms with Gasteiger partial charge in [-0.2, -0.15) is 13.2 Å². The van der Waals surface area contributed by atoms with E-state index in [1.807, 2.05) is 0 Å². The molecule has 0 aromatic carbocycles. The molecule has 0 bridgehead atoms. The zero-order valence-electron chi connectivity index (χ0n) is 8.13. The molecule has 0 aliphatic heterocycles. The second-order valence-corrected chi connectivity index (χ2v) is 2.72. The van der Waals surface area contributed by atoms with E-state index in [2.05, 4.69) is 4.74 Å². The molecule has 0 aliphatic rings. The van der Waals surface area contributed by atoms with Crippen LogP contribution in [-0.4, -0.2) is 37.1 Å². The highest BCUT2D eigenvalue weighted by Crippen LogP contribution is 2.14. The minimum absolute atomic E-state index is 0.769. The summed E-state index contributed by atoms with van der Waals surface area (Å²) in [6.07, 6.45) is -5.92. The highest BCUT2D eigenvalue weighted by Gasteiger charge is 2.41. The van der Waals surface area contributed by atoms with E-state index in [1.165, 1.54) is 5.32 Å². The Morgan fingerprint density at radius 3 is 2.19 bits per heavy atom. The van der Waals surface area contributed by atoms with Crippen LogP contribution in [0.4, 0.5) is 13.2 Å². The first kappa shape index (κ1) is 14.2. The van der Waals surface area contributed by atoms with Crippen LogP contribution < -0.4 is 11.1 Å². The van der Waals surface area contributed by atoms with Crippen molar-refractivity contribution in [2.75, 3.05) is 7.11 Å². The minimum Gasteiger partial charge on any atom is -0.467 e. The van der Waals surface area contributed by atoms with Crippen LogP contribution in [0.5, 0.6) is 0 Å². The molecule has 0 fully saturated rings. The maximum Gasteiger partial charge on any atom is 0.471 e. The third-order valence-electron chi connectivity index (χ3n) is 1.45. The van der Waals surface area contributed by atoms with Gasteiger partial charge in [0.25, 0.3) is 0 Å². The van der Waals surface area contributed by atoms with Gasteiger partial charge in [-0.15, -0.1) is 0 Å². The first-order valence-corrected chi connectivity index (χ1v) is 3.92. The average Bonchev–Trinajstić information content (AvgIpc) is 2.13. The molecule has 16 heavy (non-hydrogen) atoms. The fourth-order valence-corrected chi connectivity index (χ4v) is 0.777. The Balaban J connectivity index is 4.61. The van der Waals surface area contributed by atoms with Gasteiger partial charge in [-0.1, -0.05) is 0 Å². The molecular weight excluding hydrogens is 233 g/mol. The highest BCUT2D eigenvalue weighted by atomic mass is 19.4. The number of hydrogen-bond acceptors (Lipinski definition) is 4. The number of esters is 1. The van der Waals surface area contributed by atoms with Gasteiger partial charge >= 0.3 is 18.1 Å². The lowest BCUT2D eigenvalue weighted by Gasteiger charge is -2.15. The molecule has 3 N–H and O–H groups in total. The van der Waals surface area contributed by atoms with Gasteiger partial charge in [0, 0.05) is 0 Å². The van der Waals surface area contributed by atoms with Crippen molar-refractivity contribution >= 4 is 17.8 Å². The van der Waals surface area contributed by atoms with Crippen molar-refractivity contribution in [1.29, 1.82) is 0 Å². The summed E-state index contributed by atoms with van der Waals surface area (Å²) in [5.74, 6) is -4.57. The van der Waals surface area contributed by atoms with E-state index in [4.69, 9.17) is 5.73 Å². The monoisotopic (exact) mass is 242 g/mol. The summed E-state index contributed by atoms with van der Waals surface area (Å²) in [5, 5.41) is 1.30. The lowest BCUT2D eigenvalue weighted by atomic mass is 10.2. The van der Waals surface area contributed by atoms with Crippen LogP contribution in [-0.2, 0) is 19.1 Å². The van der Waals surface area contributed by atoms with Crippen molar-refractivity contribution in [1.82, 2.24) is 5.32 Å². The molecule has 0 spiro atoms. The molecule has 1 atom stereocenters. The highest BCUT2D eigenvalue weighted by molar-refractivity contribution is 5.90. The maximum absolute atomic E-state index is 11.8. The second-order valence-electron chi connectivity index (χ2n) is 2.72. The SMILES string of the molecule is COC(=O)[C@@H](CC(N)=O)NC(=O)C(F)(F)F. The summed E-state index contributed by atoms with van der Waals surface area (Å²) in [5.41, 5.74) is 4.69. The first-order valence-electron chi connectivity index (χ1n) is 3.92. The third-order valence-corrected chi connectivity index (χ3v) is 1.45. The van der Waals surface area contributed by atoms with E-state index in [1.54, 1.807) is 0 Å². The first-order chi connectivity index (χ1) is 7.18. The Hall–Kier alpha value is -1.80. The number of methoxy groups -OCH3 is 1. The van der Waals surface area contributed by atoms with Crippen LogP contribution in [0.25, 0.3) is 0 Å². The van der Waals surface area contributed by atoms with Crippen LogP contribution in [0.2, 0.25) is 0 Å². The van der Waals surface area contributed by atoms with Gasteiger partial charge in [-0.05, 0) is 0 Å². The Kier molecular flexibility index (Phi) is 4.73. The molecule has 0 heterocycles. The molecular formula is C7H9F3N2O4. The molecule has 9 heteroatoms. The largest absolute Gasteiger partial charge is 0.471 e. The van der Waals surface area contributed by atoms with Crippen molar-refractivity contribution in [3.05, 3.63) is 0 Å². The average molecular weight is 242 g/mol. The van der Waals surface area contributed by atoms with Gasteiger partial charge in [-0.25, -0.2) is 4.79 Å². The number of carbonyl (C=O) groups is 3. The zero-order valence-corrected chi connectivity index (χ0v) is 8.13. The number of nitrogens with two attached hydrogens (primary N) is 1. The van der Waals surface area contributed by atoms with Crippen molar-refractivity contribution < 1.29 is 32.3 Å². The van der Waals surface area contributed by atoms with Crippen LogP contribution in [0.15, 0.2) is 0 Å². The fourth-order valence-electron chi connectivity index (χ4n) is 0.777. The van der Waals surface area contributed by atoms with E-state index in [0.29, 0.717) is 0 Å². The van der Waals surface area contributed by atoms with Gasteiger partial charge in [-0.3, -0.25) is 9.59 Å². The zero-order chi connectivity index (χ0) is 12.9. The van der Waals surface area contributed by atoms with Gasteiger partial charge in [0.15, 0.2) is 0 Å². The van der Waals surface area contributed by atoms with E-state index in [9.17, 15) is 27.6 Å². The molecule has 0 aliphatic carbocycles. The predicted molar refractivity (Wildman–Crippen MR) is 43.8 cm³/mol. The molecule has 0 saturated heterocycles. The Bertz CT molecular complexity index is 302. The van der Waals surface area contributed by atoms with E-state index in [0.717, 1.165) is 7.11 Å². The Morgan fingerprint density at radius 1 is 1.38 bits per heavy atom. The number of halogens is 3. The molecule has 92 valence electrons. The standard InChI is InChI=1S/C7H9F3N2O4/c1-16-5(14)3(2-4(11)13)12-6(15)7(8,9)10/h3H,2H2,1H3,(H2,11,13)(H,12,15)/t3-/m1/s1. The van der Waals surface area contributed by atoms with Gasteiger partial charge in [0.05, 0.1) is 13.5 Å². The summed E-state index contributed by atoms with van der Waals surface area (Å²) in [7, 11) is 0.899. The number of primary amides is 1. The predicted octanol–water partition coefficient (Wildman–Crippen LogP) is -0.918. The van der Waals surface area contributed by atoms with Crippen molar-refractivity contribution in [2.24, 2.45) is 5.73 Å². The third kappa shape index (κ3) is 4.62. The number of ether oxygens (including phenoxy) is 1. The van der Waals surface area contributed by atoms with Crippen LogP contribution >= 0.6 is 0 Å².